The Labute approximate surface area is 116 Å². The predicted molar refractivity (Wildman–Crippen MR) is 75.4 cm³/mol. The highest BCUT2D eigenvalue weighted by atomic mass is 79.9. The minimum atomic E-state index is -0.350. The Kier molecular flexibility index (Phi) is 2.67. The molecule has 0 unspecified atom stereocenters. The lowest BCUT2D eigenvalue weighted by atomic mass is 10.1. The second-order valence-corrected chi connectivity index (χ2v) is 5.07. The minimum absolute atomic E-state index is 0.168. The van der Waals surface area contributed by atoms with Gasteiger partial charge in [-0.05, 0) is 13.0 Å². The number of hydrogen-bond acceptors (Lipinski definition) is 3. The van der Waals surface area contributed by atoms with Gasteiger partial charge in [0.05, 0.1) is 5.69 Å². The summed E-state index contributed by atoms with van der Waals surface area (Å²) in [6.07, 6.45) is 0. The first kappa shape index (κ1) is 12.0. The highest BCUT2D eigenvalue weighted by molar-refractivity contribution is 9.10. The molecule has 0 saturated carbocycles. The summed E-state index contributed by atoms with van der Waals surface area (Å²) in [5.41, 5.74) is 1.65. The summed E-state index contributed by atoms with van der Waals surface area (Å²) in [5, 5.41) is 14.4. The van der Waals surface area contributed by atoms with E-state index in [4.69, 9.17) is 0 Å². The molecular formula is C13H10BrN3O2. The number of hydrogen-bond donors (Lipinski definition) is 2. The zero-order valence-corrected chi connectivity index (χ0v) is 11.6. The van der Waals surface area contributed by atoms with Crippen molar-refractivity contribution in [3.63, 3.8) is 0 Å². The van der Waals surface area contributed by atoms with Crippen LogP contribution in [0.25, 0.3) is 16.8 Å². The predicted octanol–water partition coefficient (Wildman–Crippen LogP) is 2.47. The van der Waals surface area contributed by atoms with Gasteiger partial charge in [0.15, 0.2) is 0 Å². The van der Waals surface area contributed by atoms with Gasteiger partial charge in [-0.1, -0.05) is 34.1 Å². The number of benzene rings is 1. The van der Waals surface area contributed by atoms with E-state index < -0.39 is 0 Å². The molecule has 1 aromatic carbocycles. The van der Waals surface area contributed by atoms with Crippen LogP contribution in [0.5, 0.6) is 5.88 Å². The van der Waals surface area contributed by atoms with Gasteiger partial charge in [-0.25, -0.2) is 0 Å². The van der Waals surface area contributed by atoms with Crippen LogP contribution in [0.2, 0.25) is 0 Å². The molecule has 0 atom stereocenters. The zero-order chi connectivity index (χ0) is 13.6. The van der Waals surface area contributed by atoms with E-state index in [1.807, 2.05) is 12.1 Å². The molecule has 0 aliphatic carbocycles. The highest BCUT2D eigenvalue weighted by Gasteiger charge is 2.17. The number of aromatic amines is 1. The second kappa shape index (κ2) is 4.24. The van der Waals surface area contributed by atoms with Gasteiger partial charge >= 0.3 is 0 Å². The molecule has 0 fully saturated rings. The van der Waals surface area contributed by atoms with Crippen LogP contribution < -0.4 is 5.56 Å². The van der Waals surface area contributed by atoms with E-state index in [0.29, 0.717) is 11.2 Å². The smallest absolute Gasteiger partial charge is 0.262 e. The lowest BCUT2D eigenvalue weighted by Gasteiger charge is -2.07. The van der Waals surface area contributed by atoms with Crippen LogP contribution >= 0.6 is 15.9 Å². The van der Waals surface area contributed by atoms with Gasteiger partial charge in [0.25, 0.3) is 5.56 Å². The molecule has 6 heteroatoms. The summed E-state index contributed by atoms with van der Waals surface area (Å²) in [7, 11) is 0. The standard InChI is InChI=1S/C13H10BrN3O2/c1-7-6-10-15-12(18)11(13(19)17(10)16-7)8-4-2-3-5-9(8)14/h2-6,19H,1H3,(H,15,18). The Morgan fingerprint density at radius 2 is 2.11 bits per heavy atom. The third-order valence-electron chi connectivity index (χ3n) is 2.87. The van der Waals surface area contributed by atoms with E-state index in [1.54, 1.807) is 25.1 Å². The molecule has 96 valence electrons. The molecule has 3 aromatic rings. The number of rotatable bonds is 1. The number of H-pyrrole nitrogens is 1. The van der Waals surface area contributed by atoms with E-state index in [9.17, 15) is 9.90 Å². The summed E-state index contributed by atoms with van der Waals surface area (Å²) < 4.78 is 2.06. The second-order valence-electron chi connectivity index (χ2n) is 4.22. The third-order valence-corrected chi connectivity index (χ3v) is 3.56. The first-order valence-corrected chi connectivity index (χ1v) is 6.44. The van der Waals surface area contributed by atoms with Crippen LogP contribution in [-0.2, 0) is 0 Å². The molecule has 5 nitrogen and oxygen atoms in total. The molecule has 0 bridgehead atoms. The SMILES string of the molecule is Cc1cc2[nH]c(=O)c(-c3ccccc3Br)c(O)n2n1. The van der Waals surface area contributed by atoms with Crippen LogP contribution in [0.1, 0.15) is 5.69 Å². The van der Waals surface area contributed by atoms with Gasteiger partial charge < -0.3 is 10.1 Å². The van der Waals surface area contributed by atoms with Crippen LogP contribution in [0.4, 0.5) is 0 Å². The van der Waals surface area contributed by atoms with Gasteiger partial charge in [0.1, 0.15) is 11.2 Å². The van der Waals surface area contributed by atoms with E-state index in [-0.39, 0.29) is 17.0 Å². The number of nitrogens with one attached hydrogen (secondary N) is 1. The van der Waals surface area contributed by atoms with Gasteiger partial charge in [-0.15, -0.1) is 0 Å². The molecule has 0 aliphatic rings. The van der Waals surface area contributed by atoms with Gasteiger partial charge in [-0.2, -0.15) is 9.61 Å². The van der Waals surface area contributed by atoms with E-state index in [0.717, 1.165) is 10.2 Å². The molecule has 0 radical (unpaired) electrons. The van der Waals surface area contributed by atoms with Crippen LogP contribution in [0, 0.1) is 6.92 Å². The Hall–Kier alpha value is -2.08. The Morgan fingerprint density at radius 1 is 1.37 bits per heavy atom. The Bertz CT molecular complexity index is 836. The normalized spacial score (nSPS) is 11.1. The number of aromatic nitrogens is 3. The number of aryl methyl sites for hydroxylation is 1. The molecule has 0 saturated heterocycles. The Balaban J connectivity index is 2.42. The van der Waals surface area contributed by atoms with Crippen molar-refractivity contribution in [2.24, 2.45) is 0 Å². The number of nitrogens with zero attached hydrogens (tertiary/aromatic N) is 2. The maximum absolute atomic E-state index is 12.1. The van der Waals surface area contributed by atoms with Gasteiger partial charge in [-0.3, -0.25) is 4.79 Å². The van der Waals surface area contributed by atoms with Crippen molar-refractivity contribution >= 4 is 21.6 Å². The van der Waals surface area contributed by atoms with Crippen molar-refractivity contribution in [3.8, 4) is 17.0 Å². The molecule has 0 aliphatic heterocycles. The lowest BCUT2D eigenvalue weighted by Crippen LogP contribution is -2.12. The highest BCUT2D eigenvalue weighted by Crippen LogP contribution is 2.31. The zero-order valence-electron chi connectivity index (χ0n) is 10.0. The van der Waals surface area contributed by atoms with E-state index >= 15 is 0 Å². The fourth-order valence-electron chi connectivity index (χ4n) is 2.04. The van der Waals surface area contributed by atoms with Gasteiger partial charge in [0, 0.05) is 16.1 Å². The lowest BCUT2D eigenvalue weighted by molar-refractivity contribution is 0.436. The van der Waals surface area contributed by atoms with Crippen LogP contribution in [-0.4, -0.2) is 19.7 Å². The molecule has 2 aromatic heterocycles. The molecule has 2 N–H and O–H groups in total. The first-order chi connectivity index (χ1) is 9.08. The summed E-state index contributed by atoms with van der Waals surface area (Å²) in [6, 6.07) is 8.92. The monoisotopic (exact) mass is 319 g/mol. The first-order valence-electron chi connectivity index (χ1n) is 5.64. The Morgan fingerprint density at radius 3 is 2.84 bits per heavy atom. The van der Waals surface area contributed by atoms with Gasteiger partial charge in [0.2, 0.25) is 5.88 Å². The number of fused-ring (bicyclic) bond motifs is 1. The van der Waals surface area contributed by atoms with Crippen molar-refractivity contribution in [1.82, 2.24) is 14.6 Å². The van der Waals surface area contributed by atoms with Crippen LogP contribution in [0.3, 0.4) is 0 Å². The fraction of sp³-hybridized carbons (Fsp3) is 0.0769. The number of aromatic hydroxyl groups is 1. The summed E-state index contributed by atoms with van der Waals surface area (Å²) in [4.78, 5) is 14.8. The average Bonchev–Trinajstić information content (AvgIpc) is 2.72. The maximum Gasteiger partial charge on any atom is 0.262 e. The molecule has 3 rings (SSSR count). The molecule has 0 amide bonds. The molecule has 2 heterocycles. The largest absolute Gasteiger partial charge is 0.493 e. The van der Waals surface area contributed by atoms with Crippen molar-refractivity contribution in [2.75, 3.05) is 0 Å². The van der Waals surface area contributed by atoms with Crippen molar-refractivity contribution in [1.29, 1.82) is 0 Å². The van der Waals surface area contributed by atoms with Crippen LogP contribution in [0.15, 0.2) is 39.6 Å². The quantitative estimate of drug-likeness (QED) is 0.723. The number of halogens is 1. The van der Waals surface area contributed by atoms with Crippen molar-refractivity contribution in [3.05, 3.63) is 50.9 Å². The van der Waals surface area contributed by atoms with E-state index in [2.05, 4.69) is 26.0 Å². The fourth-order valence-corrected chi connectivity index (χ4v) is 2.53. The third kappa shape index (κ3) is 1.84. The topological polar surface area (TPSA) is 70.4 Å². The van der Waals surface area contributed by atoms with E-state index in [1.165, 1.54) is 4.52 Å². The van der Waals surface area contributed by atoms with Crippen molar-refractivity contribution < 1.29 is 5.11 Å². The summed E-state index contributed by atoms with van der Waals surface area (Å²) in [6.45, 7) is 1.79. The average molecular weight is 320 g/mol. The molecular weight excluding hydrogens is 310 g/mol. The summed E-state index contributed by atoms with van der Waals surface area (Å²) in [5.74, 6) is -0.168. The molecule has 19 heavy (non-hydrogen) atoms. The minimum Gasteiger partial charge on any atom is -0.493 e. The maximum atomic E-state index is 12.1. The molecule has 0 spiro atoms. The van der Waals surface area contributed by atoms with Crippen molar-refractivity contribution in [2.45, 2.75) is 6.92 Å². The summed E-state index contributed by atoms with van der Waals surface area (Å²) >= 11 is 3.38.